The van der Waals surface area contributed by atoms with Gasteiger partial charge in [0.1, 0.15) is 0 Å². The molecular formula is C10H19NO. The van der Waals surface area contributed by atoms with Gasteiger partial charge >= 0.3 is 0 Å². The Labute approximate surface area is 74.7 Å². The van der Waals surface area contributed by atoms with Gasteiger partial charge in [-0.15, -0.1) is 0 Å². The van der Waals surface area contributed by atoms with E-state index >= 15 is 0 Å². The molecule has 1 saturated carbocycles. The lowest BCUT2D eigenvalue weighted by Crippen LogP contribution is -2.31. The van der Waals surface area contributed by atoms with Crippen LogP contribution >= 0.6 is 0 Å². The lowest BCUT2D eigenvalue weighted by atomic mass is 9.86. The van der Waals surface area contributed by atoms with Crippen LogP contribution in [0.2, 0.25) is 0 Å². The second-order valence-corrected chi connectivity index (χ2v) is 4.06. The molecule has 2 atom stereocenters. The van der Waals surface area contributed by atoms with E-state index in [9.17, 15) is 4.79 Å². The van der Waals surface area contributed by atoms with Gasteiger partial charge in [-0.05, 0) is 24.7 Å². The summed E-state index contributed by atoms with van der Waals surface area (Å²) >= 11 is 0. The molecule has 0 saturated heterocycles. The Bertz CT molecular complexity index is 165. The summed E-state index contributed by atoms with van der Waals surface area (Å²) in [6, 6.07) is 0. The smallest absolute Gasteiger partial charge is 0.223 e. The molecule has 1 N–H and O–H groups in total. The molecule has 2 nitrogen and oxygen atoms in total. The quantitative estimate of drug-likeness (QED) is 0.671. The minimum atomic E-state index is 0.242. The number of carbonyl (C=O) groups is 1. The van der Waals surface area contributed by atoms with Crippen LogP contribution in [0.5, 0.6) is 0 Å². The van der Waals surface area contributed by atoms with E-state index in [0.717, 1.165) is 6.42 Å². The molecular weight excluding hydrogens is 150 g/mol. The maximum Gasteiger partial charge on any atom is 0.223 e. The Morgan fingerprint density at radius 2 is 2.08 bits per heavy atom. The molecule has 1 amide bonds. The summed E-state index contributed by atoms with van der Waals surface area (Å²) in [5.74, 6) is 1.79. The van der Waals surface area contributed by atoms with Gasteiger partial charge in [0.05, 0.1) is 0 Å². The van der Waals surface area contributed by atoms with Crippen molar-refractivity contribution in [1.29, 1.82) is 0 Å². The van der Waals surface area contributed by atoms with Gasteiger partial charge < -0.3 is 5.32 Å². The van der Waals surface area contributed by atoms with Crippen molar-refractivity contribution < 1.29 is 4.79 Å². The molecule has 1 fully saturated rings. The maximum atomic E-state index is 11.4. The van der Waals surface area contributed by atoms with E-state index in [1.807, 2.05) is 0 Å². The first-order chi connectivity index (χ1) is 5.66. The lowest BCUT2D eigenvalue weighted by Gasteiger charge is -2.21. The Kier molecular flexibility index (Phi) is 3.12. The third-order valence-corrected chi connectivity index (χ3v) is 3.01. The van der Waals surface area contributed by atoms with Crippen LogP contribution in [0.1, 0.15) is 33.1 Å². The minimum Gasteiger partial charge on any atom is -0.359 e. The van der Waals surface area contributed by atoms with E-state index in [4.69, 9.17) is 0 Å². The first-order valence-corrected chi connectivity index (χ1v) is 4.88. The van der Waals surface area contributed by atoms with E-state index in [2.05, 4.69) is 19.2 Å². The van der Waals surface area contributed by atoms with Gasteiger partial charge in [-0.2, -0.15) is 0 Å². The van der Waals surface area contributed by atoms with E-state index in [-0.39, 0.29) is 11.8 Å². The number of amides is 1. The van der Waals surface area contributed by atoms with Gasteiger partial charge in [-0.3, -0.25) is 4.79 Å². The number of hydrogen-bond acceptors (Lipinski definition) is 1. The summed E-state index contributed by atoms with van der Waals surface area (Å²) in [5, 5.41) is 2.75. The average molecular weight is 169 g/mol. The molecule has 0 heterocycles. The van der Waals surface area contributed by atoms with Crippen LogP contribution in [0.15, 0.2) is 0 Å². The fourth-order valence-corrected chi connectivity index (χ4v) is 2.30. The molecule has 0 aromatic rings. The van der Waals surface area contributed by atoms with Crippen LogP contribution in [0.25, 0.3) is 0 Å². The first kappa shape index (κ1) is 9.56. The fraction of sp³-hybridized carbons (Fsp3) is 0.900. The van der Waals surface area contributed by atoms with Crippen molar-refractivity contribution in [2.24, 2.45) is 17.8 Å². The summed E-state index contributed by atoms with van der Waals surface area (Å²) in [6.07, 6.45) is 3.54. The highest BCUT2D eigenvalue weighted by molar-refractivity contribution is 5.78. The van der Waals surface area contributed by atoms with Crippen LogP contribution in [-0.2, 0) is 4.79 Å². The number of rotatable bonds is 2. The summed E-state index contributed by atoms with van der Waals surface area (Å²) < 4.78 is 0. The van der Waals surface area contributed by atoms with E-state index in [0.29, 0.717) is 11.8 Å². The number of carbonyl (C=O) groups excluding carboxylic acids is 1. The molecule has 0 aliphatic heterocycles. The molecule has 2 heteroatoms. The van der Waals surface area contributed by atoms with Crippen molar-refractivity contribution in [3.05, 3.63) is 0 Å². The highest BCUT2D eigenvalue weighted by atomic mass is 16.1. The monoisotopic (exact) mass is 169 g/mol. The zero-order valence-electron chi connectivity index (χ0n) is 8.26. The summed E-state index contributed by atoms with van der Waals surface area (Å²) in [6.45, 7) is 4.43. The summed E-state index contributed by atoms with van der Waals surface area (Å²) in [7, 11) is 1.73. The van der Waals surface area contributed by atoms with E-state index < -0.39 is 0 Å². The third kappa shape index (κ3) is 1.79. The zero-order chi connectivity index (χ0) is 9.14. The molecule has 1 rings (SSSR count). The zero-order valence-corrected chi connectivity index (χ0v) is 8.26. The highest BCUT2D eigenvalue weighted by Crippen LogP contribution is 2.36. The molecule has 0 spiro atoms. The van der Waals surface area contributed by atoms with E-state index in [1.54, 1.807) is 7.05 Å². The Hall–Kier alpha value is -0.530. The predicted molar refractivity (Wildman–Crippen MR) is 49.7 cm³/mol. The van der Waals surface area contributed by atoms with Crippen LogP contribution < -0.4 is 5.32 Å². The number of hydrogen-bond donors (Lipinski definition) is 1. The van der Waals surface area contributed by atoms with Gasteiger partial charge in [-0.1, -0.05) is 20.3 Å². The van der Waals surface area contributed by atoms with Crippen LogP contribution in [0.4, 0.5) is 0 Å². The summed E-state index contributed by atoms with van der Waals surface area (Å²) in [4.78, 5) is 11.4. The van der Waals surface area contributed by atoms with Crippen molar-refractivity contribution in [3.63, 3.8) is 0 Å². The van der Waals surface area contributed by atoms with Crippen LogP contribution in [0, 0.1) is 17.8 Å². The van der Waals surface area contributed by atoms with Crippen molar-refractivity contribution in [2.75, 3.05) is 7.05 Å². The fourth-order valence-electron chi connectivity index (χ4n) is 2.30. The van der Waals surface area contributed by atoms with Crippen molar-refractivity contribution >= 4 is 5.91 Å². The lowest BCUT2D eigenvalue weighted by molar-refractivity contribution is -0.126. The van der Waals surface area contributed by atoms with Gasteiger partial charge in [0.25, 0.3) is 0 Å². The predicted octanol–water partition coefficient (Wildman–Crippen LogP) is 1.80. The van der Waals surface area contributed by atoms with Gasteiger partial charge in [0, 0.05) is 13.0 Å². The standard InChI is InChI=1S/C10H19NO/c1-7(2)8-5-4-6-9(8)10(12)11-3/h7-9H,4-6H2,1-3H3,(H,11,12)/t8-,9+/m0/s1. The molecule has 12 heavy (non-hydrogen) atoms. The Morgan fingerprint density at radius 1 is 1.42 bits per heavy atom. The minimum absolute atomic E-state index is 0.242. The van der Waals surface area contributed by atoms with Crippen molar-refractivity contribution in [3.8, 4) is 0 Å². The van der Waals surface area contributed by atoms with Gasteiger partial charge in [-0.25, -0.2) is 0 Å². The van der Waals surface area contributed by atoms with Gasteiger partial charge in [0.2, 0.25) is 5.91 Å². The normalized spacial score (nSPS) is 29.3. The molecule has 0 unspecified atom stereocenters. The van der Waals surface area contributed by atoms with Crippen LogP contribution in [0.3, 0.4) is 0 Å². The molecule has 0 radical (unpaired) electrons. The molecule has 1 aliphatic rings. The molecule has 1 aliphatic carbocycles. The van der Waals surface area contributed by atoms with Crippen molar-refractivity contribution in [1.82, 2.24) is 5.32 Å². The Balaban J connectivity index is 2.57. The number of nitrogens with one attached hydrogen (secondary N) is 1. The van der Waals surface area contributed by atoms with E-state index in [1.165, 1.54) is 12.8 Å². The molecule has 0 bridgehead atoms. The first-order valence-electron chi connectivity index (χ1n) is 4.88. The SMILES string of the molecule is CNC(=O)[C@@H]1CCC[C@H]1C(C)C. The third-order valence-electron chi connectivity index (χ3n) is 3.01. The Morgan fingerprint density at radius 3 is 2.58 bits per heavy atom. The largest absolute Gasteiger partial charge is 0.359 e. The molecule has 0 aromatic carbocycles. The van der Waals surface area contributed by atoms with Crippen LogP contribution in [-0.4, -0.2) is 13.0 Å². The molecule has 0 aromatic heterocycles. The van der Waals surface area contributed by atoms with Gasteiger partial charge in [0.15, 0.2) is 0 Å². The summed E-state index contributed by atoms with van der Waals surface area (Å²) in [5.41, 5.74) is 0. The maximum absolute atomic E-state index is 11.4. The topological polar surface area (TPSA) is 29.1 Å². The second kappa shape index (κ2) is 3.92. The van der Waals surface area contributed by atoms with Crippen molar-refractivity contribution in [2.45, 2.75) is 33.1 Å². The average Bonchev–Trinajstić information content (AvgIpc) is 2.50. The molecule has 70 valence electrons. The second-order valence-electron chi connectivity index (χ2n) is 4.06. The highest BCUT2D eigenvalue weighted by Gasteiger charge is 2.33.